The van der Waals surface area contributed by atoms with Gasteiger partial charge >= 0.3 is 0 Å². The van der Waals surface area contributed by atoms with Crippen LogP contribution in [0.5, 0.6) is 0 Å². The van der Waals surface area contributed by atoms with Gasteiger partial charge in [-0.2, -0.15) is 15.6 Å². The molecule has 1 aromatic heterocycles. The van der Waals surface area contributed by atoms with Crippen LogP contribution >= 0.6 is 34.5 Å². The van der Waals surface area contributed by atoms with Crippen LogP contribution in [0.25, 0.3) is 0 Å². The Labute approximate surface area is 132 Å². The van der Waals surface area contributed by atoms with Crippen LogP contribution in [0.4, 0.5) is 0 Å². The molecule has 20 heavy (non-hydrogen) atoms. The Kier molecular flexibility index (Phi) is 5.09. The summed E-state index contributed by atoms with van der Waals surface area (Å²) in [5.41, 5.74) is 1.67. The van der Waals surface area contributed by atoms with Gasteiger partial charge in [0.25, 0.3) is 0 Å². The van der Waals surface area contributed by atoms with Gasteiger partial charge in [-0.25, -0.2) is 8.42 Å². The summed E-state index contributed by atoms with van der Waals surface area (Å²) in [6.45, 7) is 0.313. The highest BCUT2D eigenvalue weighted by Crippen LogP contribution is 2.27. The fraction of sp³-hybridized carbons (Fsp3) is 0.231. The summed E-state index contributed by atoms with van der Waals surface area (Å²) in [6, 6.07) is 6.69. The molecule has 0 aliphatic heterocycles. The smallest absolute Gasteiger partial charge is 0.207 e. The molecule has 2 rings (SSSR count). The summed E-state index contributed by atoms with van der Waals surface area (Å²) < 4.78 is 26.4. The van der Waals surface area contributed by atoms with Gasteiger partial charge in [0.1, 0.15) is 4.90 Å². The van der Waals surface area contributed by atoms with Crippen molar-refractivity contribution in [1.29, 1.82) is 0 Å². The summed E-state index contributed by atoms with van der Waals surface area (Å²) in [7, 11) is -2.09. The first-order valence-corrected chi connectivity index (χ1v) is 9.06. The molecule has 0 saturated heterocycles. The van der Waals surface area contributed by atoms with Crippen molar-refractivity contribution in [3.8, 4) is 0 Å². The van der Waals surface area contributed by atoms with Crippen molar-refractivity contribution in [2.45, 2.75) is 17.3 Å². The molecule has 1 heterocycles. The van der Waals surface area contributed by atoms with Crippen LogP contribution in [0.3, 0.4) is 0 Å². The van der Waals surface area contributed by atoms with Gasteiger partial charge in [-0.1, -0.05) is 17.7 Å². The number of sulfonamides is 1. The third kappa shape index (κ3) is 3.35. The Morgan fingerprint density at radius 1 is 1.25 bits per heavy atom. The lowest BCUT2D eigenvalue weighted by atomic mass is 10.2. The molecular weight excluding hydrogens is 337 g/mol. The summed E-state index contributed by atoms with van der Waals surface area (Å²) in [5.74, 6) is 0.244. The predicted molar refractivity (Wildman–Crippen MR) is 84.0 cm³/mol. The fourth-order valence-corrected chi connectivity index (χ4v) is 4.23. The van der Waals surface area contributed by atoms with E-state index in [-0.39, 0.29) is 15.8 Å². The molecule has 0 amide bonds. The third-order valence-corrected chi connectivity index (χ3v) is 6.15. The average molecular weight is 350 g/mol. The van der Waals surface area contributed by atoms with Crippen molar-refractivity contribution in [3.05, 3.63) is 51.2 Å². The number of halogens is 2. The minimum Gasteiger partial charge on any atom is -0.207 e. The van der Waals surface area contributed by atoms with Gasteiger partial charge in [0.15, 0.2) is 0 Å². The highest BCUT2D eigenvalue weighted by atomic mass is 35.5. The monoisotopic (exact) mass is 349 g/mol. The Hall–Kier alpha value is -0.590. The van der Waals surface area contributed by atoms with Gasteiger partial charge in [0.2, 0.25) is 10.0 Å². The molecule has 0 spiro atoms. The van der Waals surface area contributed by atoms with Gasteiger partial charge in [0, 0.05) is 19.5 Å². The Morgan fingerprint density at radius 3 is 2.60 bits per heavy atom. The maximum atomic E-state index is 12.5. The van der Waals surface area contributed by atoms with Crippen LogP contribution in [0.2, 0.25) is 5.02 Å². The van der Waals surface area contributed by atoms with Crippen molar-refractivity contribution >= 4 is 44.6 Å². The van der Waals surface area contributed by atoms with Gasteiger partial charge in [-0.3, -0.25) is 0 Å². The number of hydrogen-bond donors (Lipinski definition) is 0. The van der Waals surface area contributed by atoms with E-state index in [1.165, 1.54) is 28.8 Å². The molecule has 0 aliphatic carbocycles. The first kappa shape index (κ1) is 15.8. The number of nitrogens with zero attached hydrogens (tertiary/aromatic N) is 1. The van der Waals surface area contributed by atoms with Crippen molar-refractivity contribution in [2.75, 3.05) is 7.05 Å². The Morgan fingerprint density at radius 2 is 2.00 bits per heavy atom. The minimum absolute atomic E-state index is 0.0926. The third-order valence-electron chi connectivity index (χ3n) is 2.82. The lowest BCUT2D eigenvalue weighted by Gasteiger charge is -2.18. The molecule has 0 aliphatic rings. The maximum absolute atomic E-state index is 12.5. The lowest BCUT2D eigenvalue weighted by molar-refractivity contribution is 0.467. The number of thiophene rings is 1. The van der Waals surface area contributed by atoms with Crippen molar-refractivity contribution in [1.82, 2.24) is 4.31 Å². The van der Waals surface area contributed by atoms with Crippen LogP contribution < -0.4 is 0 Å². The topological polar surface area (TPSA) is 37.4 Å². The predicted octanol–water partition coefficient (Wildman–Crippen LogP) is 3.96. The van der Waals surface area contributed by atoms with Crippen molar-refractivity contribution in [3.63, 3.8) is 0 Å². The minimum atomic E-state index is -3.63. The first-order chi connectivity index (χ1) is 9.45. The van der Waals surface area contributed by atoms with E-state index in [9.17, 15) is 8.42 Å². The zero-order valence-electron chi connectivity index (χ0n) is 10.7. The van der Waals surface area contributed by atoms with Gasteiger partial charge in [0.05, 0.1) is 5.02 Å². The SMILES string of the molecule is CN(Cc1ccsc1)S(=O)(=O)c1cc(CCl)ccc1Cl. The number of benzene rings is 1. The Bertz CT molecular complexity index is 684. The van der Waals surface area contributed by atoms with Crippen molar-refractivity contribution < 1.29 is 8.42 Å². The summed E-state index contributed by atoms with van der Waals surface area (Å²) >= 11 is 13.3. The molecule has 0 saturated carbocycles. The van der Waals surface area contributed by atoms with Gasteiger partial charge in [-0.15, -0.1) is 11.6 Å². The quantitative estimate of drug-likeness (QED) is 0.766. The largest absolute Gasteiger partial charge is 0.244 e. The van der Waals surface area contributed by atoms with Crippen LogP contribution in [0.1, 0.15) is 11.1 Å². The second-order valence-corrected chi connectivity index (χ2v) is 7.76. The molecule has 108 valence electrons. The summed E-state index contributed by atoms with van der Waals surface area (Å²) in [4.78, 5) is 0.0926. The summed E-state index contributed by atoms with van der Waals surface area (Å²) in [5, 5.41) is 4.04. The van der Waals surface area contributed by atoms with Crippen LogP contribution in [-0.4, -0.2) is 19.8 Å². The lowest BCUT2D eigenvalue weighted by Crippen LogP contribution is -2.26. The molecule has 0 atom stereocenters. The van der Waals surface area contributed by atoms with Crippen LogP contribution in [-0.2, 0) is 22.4 Å². The standard InChI is InChI=1S/C13H13Cl2NO2S2/c1-16(8-11-4-5-19-9-11)20(17,18)13-6-10(7-14)2-3-12(13)15/h2-6,9H,7-8H2,1H3. The van der Waals surface area contributed by atoms with Crippen LogP contribution in [0.15, 0.2) is 39.9 Å². The normalized spacial score (nSPS) is 12.0. The highest BCUT2D eigenvalue weighted by molar-refractivity contribution is 7.89. The number of alkyl halides is 1. The van der Waals surface area contributed by atoms with E-state index in [0.29, 0.717) is 6.54 Å². The van der Waals surface area contributed by atoms with E-state index >= 15 is 0 Å². The second kappa shape index (κ2) is 6.45. The average Bonchev–Trinajstić information content (AvgIpc) is 2.92. The summed E-state index contributed by atoms with van der Waals surface area (Å²) in [6.07, 6.45) is 0. The van der Waals surface area contributed by atoms with E-state index in [1.807, 2.05) is 16.8 Å². The van der Waals surface area contributed by atoms with Crippen molar-refractivity contribution in [2.24, 2.45) is 0 Å². The molecule has 1 aromatic carbocycles. The zero-order valence-corrected chi connectivity index (χ0v) is 13.9. The Balaban J connectivity index is 2.34. The van der Waals surface area contributed by atoms with E-state index in [2.05, 4.69) is 0 Å². The molecular formula is C13H13Cl2NO2S2. The number of rotatable bonds is 5. The van der Waals surface area contributed by atoms with Gasteiger partial charge in [-0.05, 0) is 40.1 Å². The van der Waals surface area contributed by atoms with Gasteiger partial charge < -0.3 is 0 Å². The molecule has 0 unspecified atom stereocenters. The molecule has 0 N–H and O–H groups in total. The molecule has 3 nitrogen and oxygen atoms in total. The molecule has 2 aromatic rings. The molecule has 0 fully saturated rings. The van der Waals surface area contributed by atoms with E-state index in [1.54, 1.807) is 12.1 Å². The maximum Gasteiger partial charge on any atom is 0.244 e. The second-order valence-electron chi connectivity index (χ2n) is 4.29. The van der Waals surface area contributed by atoms with Crippen LogP contribution in [0, 0.1) is 0 Å². The first-order valence-electron chi connectivity index (χ1n) is 5.77. The number of hydrogen-bond acceptors (Lipinski definition) is 3. The highest BCUT2D eigenvalue weighted by Gasteiger charge is 2.24. The fourth-order valence-electron chi connectivity index (χ4n) is 1.72. The zero-order chi connectivity index (χ0) is 14.8. The van der Waals surface area contributed by atoms with E-state index < -0.39 is 10.0 Å². The molecule has 0 radical (unpaired) electrons. The molecule has 7 heteroatoms. The van der Waals surface area contributed by atoms with E-state index in [4.69, 9.17) is 23.2 Å². The molecule has 0 bridgehead atoms. The van der Waals surface area contributed by atoms with E-state index in [0.717, 1.165) is 11.1 Å².